The lowest BCUT2D eigenvalue weighted by Crippen LogP contribution is -2.51. The Bertz CT molecular complexity index is 696. The van der Waals surface area contributed by atoms with Gasteiger partial charge in [-0.3, -0.25) is 4.98 Å². The Balaban J connectivity index is 1.65. The maximum Gasteiger partial charge on any atom is 0.318 e. The van der Waals surface area contributed by atoms with Crippen LogP contribution in [0, 0.1) is 0 Å². The first-order chi connectivity index (χ1) is 11.6. The molecule has 1 aromatic heterocycles. The van der Waals surface area contributed by atoms with E-state index in [2.05, 4.69) is 10.3 Å². The molecule has 2 atom stereocenters. The van der Waals surface area contributed by atoms with E-state index < -0.39 is 0 Å². The number of amides is 2. The molecule has 126 valence electrons. The smallest absolute Gasteiger partial charge is 0.318 e. The Morgan fingerprint density at radius 1 is 1.38 bits per heavy atom. The van der Waals surface area contributed by atoms with Crippen LogP contribution in [0.5, 0.6) is 0 Å². The summed E-state index contributed by atoms with van der Waals surface area (Å²) in [6.07, 6.45) is 3.25. The van der Waals surface area contributed by atoms with Crippen LogP contribution in [0.15, 0.2) is 48.8 Å². The minimum atomic E-state index is -0.209. The van der Waals surface area contributed by atoms with Gasteiger partial charge in [0, 0.05) is 29.5 Å². The van der Waals surface area contributed by atoms with Crippen molar-refractivity contribution < 1.29 is 9.53 Å². The van der Waals surface area contributed by atoms with E-state index in [1.165, 1.54) is 0 Å². The molecule has 2 aromatic rings. The molecule has 0 aliphatic carbocycles. The minimum absolute atomic E-state index is 0.0117. The van der Waals surface area contributed by atoms with E-state index >= 15 is 0 Å². The Kier molecular flexibility index (Phi) is 5.33. The lowest BCUT2D eigenvalue weighted by atomic mass is 10.1. The van der Waals surface area contributed by atoms with Gasteiger partial charge in [0.2, 0.25) is 0 Å². The third kappa shape index (κ3) is 3.86. The fraction of sp³-hybridized carbons (Fsp3) is 0.333. The van der Waals surface area contributed by atoms with E-state index in [1.54, 1.807) is 17.3 Å². The fourth-order valence-electron chi connectivity index (χ4n) is 2.75. The summed E-state index contributed by atoms with van der Waals surface area (Å²) < 4.78 is 5.88. The molecule has 0 saturated carbocycles. The van der Waals surface area contributed by atoms with Gasteiger partial charge < -0.3 is 15.0 Å². The predicted molar refractivity (Wildman–Crippen MR) is 92.8 cm³/mol. The summed E-state index contributed by atoms with van der Waals surface area (Å²) in [7, 11) is 0. The second-order valence-corrected chi connectivity index (χ2v) is 6.27. The van der Waals surface area contributed by atoms with Gasteiger partial charge in [-0.25, -0.2) is 4.79 Å². The van der Waals surface area contributed by atoms with Crippen LogP contribution in [0.1, 0.15) is 24.2 Å². The lowest BCUT2D eigenvalue weighted by Gasteiger charge is -2.38. The molecule has 2 amide bonds. The van der Waals surface area contributed by atoms with Gasteiger partial charge in [0.25, 0.3) is 0 Å². The van der Waals surface area contributed by atoms with E-state index in [4.69, 9.17) is 16.3 Å². The largest absolute Gasteiger partial charge is 0.369 e. The van der Waals surface area contributed by atoms with Crippen molar-refractivity contribution in [3.05, 3.63) is 64.9 Å². The molecule has 1 aliphatic rings. The lowest BCUT2D eigenvalue weighted by molar-refractivity contribution is -0.0427. The first-order valence-corrected chi connectivity index (χ1v) is 8.32. The Labute approximate surface area is 146 Å². The molecule has 1 fully saturated rings. The maximum absolute atomic E-state index is 12.5. The number of carbonyl (C=O) groups excluding carboxylic acids is 1. The van der Waals surface area contributed by atoms with E-state index in [0.29, 0.717) is 24.7 Å². The normalized spacial score (nSPS) is 20.7. The van der Waals surface area contributed by atoms with Gasteiger partial charge in [-0.15, -0.1) is 0 Å². The highest BCUT2D eigenvalue weighted by molar-refractivity contribution is 6.31. The number of urea groups is 1. The van der Waals surface area contributed by atoms with Gasteiger partial charge in [0.1, 0.15) is 6.10 Å². The number of hydrogen-bond acceptors (Lipinski definition) is 3. The van der Waals surface area contributed by atoms with Gasteiger partial charge >= 0.3 is 6.03 Å². The molecule has 3 rings (SSSR count). The van der Waals surface area contributed by atoms with Crippen molar-refractivity contribution in [1.29, 1.82) is 0 Å². The van der Waals surface area contributed by atoms with Gasteiger partial charge in [0.15, 0.2) is 0 Å². The van der Waals surface area contributed by atoms with Crippen LogP contribution in [0.2, 0.25) is 5.02 Å². The molecule has 1 aromatic carbocycles. The number of morpholine rings is 1. The number of ether oxygens (including phenoxy) is 1. The summed E-state index contributed by atoms with van der Waals surface area (Å²) in [4.78, 5) is 18.4. The van der Waals surface area contributed by atoms with Crippen molar-refractivity contribution in [2.24, 2.45) is 0 Å². The zero-order valence-electron chi connectivity index (χ0n) is 13.5. The van der Waals surface area contributed by atoms with Crippen LogP contribution in [0.25, 0.3) is 0 Å². The number of nitrogens with zero attached hydrogens (tertiary/aromatic N) is 2. The molecule has 0 radical (unpaired) electrons. The van der Waals surface area contributed by atoms with E-state index in [9.17, 15) is 4.79 Å². The average Bonchev–Trinajstić information content (AvgIpc) is 2.61. The number of carbonyl (C=O) groups is 1. The molecular weight excluding hydrogens is 326 g/mol. The standard InChI is InChI=1S/C18H20ClN3O2/c1-13-12-24-17(15-6-2-3-7-16(15)19)11-22(13)18(23)21-10-14-5-4-8-20-9-14/h2-9,13,17H,10-12H2,1H3,(H,21,23)/t13-,17-/m1/s1. The van der Waals surface area contributed by atoms with E-state index in [1.807, 2.05) is 43.3 Å². The summed E-state index contributed by atoms with van der Waals surface area (Å²) in [5, 5.41) is 3.60. The number of benzene rings is 1. The first-order valence-electron chi connectivity index (χ1n) is 7.94. The molecular formula is C18H20ClN3O2. The SMILES string of the molecule is C[C@@H]1CO[C@@H](c2ccccc2Cl)CN1C(=O)NCc1cccnc1. The molecule has 1 saturated heterocycles. The third-order valence-electron chi connectivity index (χ3n) is 4.11. The van der Waals surface area contributed by atoms with Crippen LogP contribution >= 0.6 is 11.6 Å². The third-order valence-corrected chi connectivity index (χ3v) is 4.46. The van der Waals surface area contributed by atoms with Crippen LogP contribution in [-0.2, 0) is 11.3 Å². The number of nitrogens with one attached hydrogen (secondary N) is 1. The fourth-order valence-corrected chi connectivity index (χ4v) is 3.00. The molecule has 1 N–H and O–H groups in total. The molecule has 1 aliphatic heterocycles. The topological polar surface area (TPSA) is 54.5 Å². The Hall–Kier alpha value is -2.11. The number of halogens is 1. The average molecular weight is 346 g/mol. The molecule has 0 bridgehead atoms. The summed E-state index contributed by atoms with van der Waals surface area (Å²) in [5.74, 6) is 0. The zero-order valence-corrected chi connectivity index (χ0v) is 14.2. The van der Waals surface area contributed by atoms with Crippen molar-refractivity contribution in [3.63, 3.8) is 0 Å². The molecule has 0 unspecified atom stereocenters. The quantitative estimate of drug-likeness (QED) is 0.927. The highest BCUT2D eigenvalue weighted by Gasteiger charge is 2.31. The van der Waals surface area contributed by atoms with Crippen molar-refractivity contribution in [2.75, 3.05) is 13.2 Å². The second-order valence-electron chi connectivity index (χ2n) is 5.86. The van der Waals surface area contributed by atoms with Crippen LogP contribution in [-0.4, -0.2) is 35.1 Å². The summed E-state index contributed by atoms with van der Waals surface area (Å²) >= 11 is 6.26. The molecule has 2 heterocycles. The number of aromatic nitrogens is 1. The molecule has 24 heavy (non-hydrogen) atoms. The Morgan fingerprint density at radius 3 is 2.96 bits per heavy atom. The first kappa shape index (κ1) is 16.7. The monoisotopic (exact) mass is 345 g/mol. The van der Waals surface area contributed by atoms with E-state index in [0.717, 1.165) is 11.1 Å². The van der Waals surface area contributed by atoms with Gasteiger partial charge in [0.05, 0.1) is 19.2 Å². The van der Waals surface area contributed by atoms with Crippen molar-refractivity contribution in [2.45, 2.75) is 25.6 Å². The molecule has 0 spiro atoms. The minimum Gasteiger partial charge on any atom is -0.369 e. The van der Waals surface area contributed by atoms with Crippen molar-refractivity contribution >= 4 is 17.6 Å². The maximum atomic E-state index is 12.5. The van der Waals surface area contributed by atoms with Crippen LogP contribution in [0.3, 0.4) is 0 Å². The van der Waals surface area contributed by atoms with Crippen LogP contribution in [0.4, 0.5) is 4.79 Å². The number of hydrogen-bond donors (Lipinski definition) is 1. The second kappa shape index (κ2) is 7.64. The molecule has 5 nitrogen and oxygen atoms in total. The summed E-state index contributed by atoms with van der Waals surface area (Å²) in [5.41, 5.74) is 1.88. The number of rotatable bonds is 3. The van der Waals surface area contributed by atoms with Gasteiger partial charge in [-0.2, -0.15) is 0 Å². The summed E-state index contributed by atoms with van der Waals surface area (Å²) in [6, 6.07) is 11.3. The van der Waals surface area contributed by atoms with Crippen LogP contribution < -0.4 is 5.32 Å². The molecule has 6 heteroatoms. The van der Waals surface area contributed by atoms with Crippen molar-refractivity contribution in [3.8, 4) is 0 Å². The van der Waals surface area contributed by atoms with Gasteiger partial charge in [-0.05, 0) is 24.6 Å². The predicted octanol–water partition coefficient (Wildman–Crippen LogP) is 3.41. The van der Waals surface area contributed by atoms with E-state index in [-0.39, 0.29) is 18.2 Å². The zero-order chi connectivity index (χ0) is 16.9. The Morgan fingerprint density at radius 2 is 2.21 bits per heavy atom. The highest BCUT2D eigenvalue weighted by Crippen LogP contribution is 2.29. The number of pyridine rings is 1. The highest BCUT2D eigenvalue weighted by atomic mass is 35.5. The summed E-state index contributed by atoms with van der Waals surface area (Å²) in [6.45, 7) is 3.39. The van der Waals surface area contributed by atoms with Crippen molar-refractivity contribution in [1.82, 2.24) is 15.2 Å². The van der Waals surface area contributed by atoms with Gasteiger partial charge in [-0.1, -0.05) is 35.9 Å².